The van der Waals surface area contributed by atoms with Crippen molar-refractivity contribution in [2.45, 2.75) is 21.9 Å². The quantitative estimate of drug-likeness (QED) is 0.597. The minimum atomic E-state index is -0.804. The van der Waals surface area contributed by atoms with Crippen LogP contribution in [-0.2, 0) is 4.74 Å². The molecule has 0 unspecified atom stereocenters. The monoisotopic (exact) mass is 344 g/mol. The number of epoxide rings is 1. The zero-order valence-electron chi connectivity index (χ0n) is 13.5. The third-order valence-corrected chi connectivity index (χ3v) is 6.44. The molecule has 3 atom stereocenters. The van der Waals surface area contributed by atoms with Crippen LogP contribution in [0.25, 0.3) is 0 Å². The van der Waals surface area contributed by atoms with Crippen LogP contribution in [0.2, 0.25) is 0 Å². The molecule has 2 aliphatic rings. The minimum absolute atomic E-state index is 0.0405. The molecule has 3 aromatic rings. The molecule has 2 nitrogen and oxygen atoms in total. The molecule has 1 spiro atoms. The highest BCUT2D eigenvalue weighted by molar-refractivity contribution is 7.99. The summed E-state index contributed by atoms with van der Waals surface area (Å²) >= 11 is 1.74. The van der Waals surface area contributed by atoms with Crippen molar-refractivity contribution in [1.82, 2.24) is 0 Å². The molecule has 122 valence electrons. The topological polar surface area (TPSA) is 29.6 Å². The molecule has 25 heavy (non-hydrogen) atoms. The summed E-state index contributed by atoms with van der Waals surface area (Å²) in [6.07, 6.45) is -0.188. The van der Waals surface area contributed by atoms with Crippen LogP contribution < -0.4 is 0 Å². The molecule has 2 aliphatic heterocycles. The van der Waals surface area contributed by atoms with Crippen LogP contribution in [0.5, 0.6) is 0 Å². The summed E-state index contributed by atoms with van der Waals surface area (Å²) in [6.45, 7) is 0. The van der Waals surface area contributed by atoms with Crippen molar-refractivity contribution in [2.24, 2.45) is 0 Å². The van der Waals surface area contributed by atoms with Crippen LogP contribution in [0.3, 0.4) is 0 Å². The molecule has 0 aromatic heterocycles. The molecule has 5 rings (SSSR count). The van der Waals surface area contributed by atoms with E-state index in [4.69, 9.17) is 4.74 Å². The number of carbonyl (C=O) groups is 1. The predicted molar refractivity (Wildman–Crippen MR) is 98.8 cm³/mol. The summed E-state index contributed by atoms with van der Waals surface area (Å²) in [5, 5.41) is -0.0405. The molecule has 0 bridgehead atoms. The van der Waals surface area contributed by atoms with E-state index in [0.29, 0.717) is 0 Å². The van der Waals surface area contributed by atoms with Gasteiger partial charge in [0.2, 0.25) is 0 Å². The fourth-order valence-corrected chi connectivity index (χ4v) is 5.17. The number of hydrogen-bond acceptors (Lipinski definition) is 3. The van der Waals surface area contributed by atoms with Gasteiger partial charge in [-0.3, -0.25) is 4.79 Å². The Morgan fingerprint density at radius 2 is 1.36 bits per heavy atom. The fourth-order valence-electron chi connectivity index (χ4n) is 3.72. The summed E-state index contributed by atoms with van der Waals surface area (Å²) in [4.78, 5) is 14.5. The molecule has 2 heterocycles. The van der Waals surface area contributed by atoms with Gasteiger partial charge in [-0.2, -0.15) is 0 Å². The van der Waals surface area contributed by atoms with E-state index in [9.17, 15) is 4.79 Å². The van der Waals surface area contributed by atoms with E-state index >= 15 is 0 Å². The van der Waals surface area contributed by atoms with E-state index in [2.05, 4.69) is 12.1 Å². The highest BCUT2D eigenvalue weighted by Crippen LogP contribution is 2.66. The minimum Gasteiger partial charge on any atom is -0.351 e. The summed E-state index contributed by atoms with van der Waals surface area (Å²) in [5.41, 5.74) is 2.17. The number of hydrogen-bond donors (Lipinski definition) is 0. The molecule has 0 saturated carbocycles. The lowest BCUT2D eigenvalue weighted by Crippen LogP contribution is -2.35. The summed E-state index contributed by atoms with van der Waals surface area (Å²) in [6, 6.07) is 28.1. The third-order valence-electron chi connectivity index (χ3n) is 4.97. The average molecular weight is 344 g/mol. The van der Waals surface area contributed by atoms with Crippen LogP contribution in [0.1, 0.15) is 32.8 Å². The molecular weight excluding hydrogens is 328 g/mol. The molecule has 3 heteroatoms. The van der Waals surface area contributed by atoms with Gasteiger partial charge in [-0.15, -0.1) is 11.8 Å². The van der Waals surface area contributed by atoms with E-state index < -0.39 is 5.60 Å². The van der Waals surface area contributed by atoms with Crippen molar-refractivity contribution in [3.63, 3.8) is 0 Å². The average Bonchev–Trinajstić information content (AvgIpc) is 3.43. The van der Waals surface area contributed by atoms with Crippen LogP contribution in [0, 0.1) is 0 Å². The third kappa shape index (κ3) is 2.20. The van der Waals surface area contributed by atoms with Crippen molar-refractivity contribution < 1.29 is 9.53 Å². The molecule has 0 N–H and O–H groups in total. The maximum Gasteiger partial charge on any atom is 0.200 e. The molecule has 3 aromatic carbocycles. The van der Waals surface area contributed by atoms with Crippen molar-refractivity contribution in [3.8, 4) is 0 Å². The number of thioether (sulfide) groups is 1. The van der Waals surface area contributed by atoms with Crippen LogP contribution in [0.15, 0.2) is 89.8 Å². The first-order chi connectivity index (χ1) is 12.3. The van der Waals surface area contributed by atoms with Gasteiger partial charge in [-0.25, -0.2) is 0 Å². The lowest BCUT2D eigenvalue weighted by atomic mass is 9.85. The number of ketones is 1. The predicted octanol–water partition coefficient (Wildman–Crippen LogP) is 5.23. The van der Waals surface area contributed by atoms with Gasteiger partial charge in [0.15, 0.2) is 11.4 Å². The first-order valence-electron chi connectivity index (χ1n) is 8.39. The highest BCUT2D eigenvalue weighted by atomic mass is 32.2. The largest absolute Gasteiger partial charge is 0.351 e. The van der Waals surface area contributed by atoms with Gasteiger partial charge in [-0.05, 0) is 17.2 Å². The fraction of sp³-hybridized carbons (Fsp3) is 0.136. The Kier molecular flexibility index (Phi) is 3.34. The second kappa shape index (κ2) is 5.58. The summed E-state index contributed by atoms with van der Waals surface area (Å²) < 4.78 is 6.20. The van der Waals surface area contributed by atoms with Gasteiger partial charge in [0.25, 0.3) is 0 Å². The number of fused-ring (bicyclic) bond motifs is 1. The second-order valence-electron chi connectivity index (χ2n) is 6.44. The summed E-state index contributed by atoms with van der Waals surface area (Å²) in [5.74, 6) is 0.101. The van der Waals surface area contributed by atoms with E-state index in [1.165, 1.54) is 0 Å². The molecular formula is C22H16O2S. The highest BCUT2D eigenvalue weighted by Gasteiger charge is 2.69. The SMILES string of the molecule is O=C1c2ccccc2S[C@@H](c2ccccc2)[C@@]12O[C@@H]2c1ccccc1. The Bertz CT molecular complexity index is 939. The van der Waals surface area contributed by atoms with Gasteiger partial charge in [-0.1, -0.05) is 78.9 Å². The van der Waals surface area contributed by atoms with Crippen LogP contribution >= 0.6 is 11.8 Å². The number of benzene rings is 3. The van der Waals surface area contributed by atoms with Gasteiger partial charge in [0, 0.05) is 10.5 Å². The van der Waals surface area contributed by atoms with Crippen molar-refractivity contribution >= 4 is 17.5 Å². The molecule has 0 amide bonds. The summed E-state index contributed by atoms with van der Waals surface area (Å²) in [7, 11) is 0. The molecule has 1 fully saturated rings. The van der Waals surface area contributed by atoms with E-state index in [1.54, 1.807) is 11.8 Å². The lowest BCUT2D eigenvalue weighted by molar-refractivity contribution is 0.0861. The van der Waals surface area contributed by atoms with Crippen LogP contribution in [0.4, 0.5) is 0 Å². The first kappa shape index (κ1) is 14.9. The zero-order chi connectivity index (χ0) is 16.9. The molecule has 0 radical (unpaired) electrons. The number of ether oxygens (including phenoxy) is 1. The Balaban J connectivity index is 1.65. The van der Waals surface area contributed by atoms with E-state index in [-0.39, 0.29) is 17.1 Å². The van der Waals surface area contributed by atoms with Gasteiger partial charge in [0.05, 0.1) is 5.25 Å². The van der Waals surface area contributed by atoms with Gasteiger partial charge >= 0.3 is 0 Å². The number of carbonyl (C=O) groups excluding carboxylic acids is 1. The maximum absolute atomic E-state index is 13.4. The molecule has 1 saturated heterocycles. The first-order valence-corrected chi connectivity index (χ1v) is 9.27. The normalized spacial score (nSPS) is 27.1. The molecule has 0 aliphatic carbocycles. The Morgan fingerprint density at radius 1 is 0.760 bits per heavy atom. The smallest absolute Gasteiger partial charge is 0.200 e. The maximum atomic E-state index is 13.4. The van der Waals surface area contributed by atoms with Crippen molar-refractivity contribution in [1.29, 1.82) is 0 Å². The van der Waals surface area contributed by atoms with Crippen LogP contribution in [-0.4, -0.2) is 11.4 Å². The van der Waals surface area contributed by atoms with E-state index in [0.717, 1.165) is 21.6 Å². The second-order valence-corrected chi connectivity index (χ2v) is 7.58. The van der Waals surface area contributed by atoms with Gasteiger partial charge < -0.3 is 4.74 Å². The Morgan fingerprint density at radius 3 is 2.08 bits per heavy atom. The number of Topliss-reactive ketones (excluding diaryl/α,β-unsaturated/α-hetero) is 1. The Labute approximate surface area is 150 Å². The standard InChI is InChI=1S/C22H16O2S/c23-19-17-13-7-8-14-18(17)25-21(16-11-5-2-6-12-16)22(19)20(24-22)15-9-3-1-4-10-15/h1-14,20-21H/t20-,21+,22-/m1/s1. The van der Waals surface area contributed by atoms with Gasteiger partial charge in [0.1, 0.15) is 6.10 Å². The van der Waals surface area contributed by atoms with E-state index in [1.807, 2.05) is 72.8 Å². The lowest BCUT2D eigenvalue weighted by Gasteiger charge is -2.30. The number of rotatable bonds is 2. The Hall–Kier alpha value is -2.36. The van der Waals surface area contributed by atoms with Crippen molar-refractivity contribution in [2.75, 3.05) is 0 Å². The zero-order valence-corrected chi connectivity index (χ0v) is 14.3. The van der Waals surface area contributed by atoms with Crippen molar-refractivity contribution in [3.05, 3.63) is 102 Å².